The Hall–Kier alpha value is -2.11. The lowest BCUT2D eigenvalue weighted by molar-refractivity contribution is -0.135. The van der Waals surface area contributed by atoms with E-state index < -0.39 is 0 Å². The first-order valence-electron chi connectivity index (χ1n) is 8.67. The van der Waals surface area contributed by atoms with Crippen LogP contribution >= 0.6 is 11.3 Å². The van der Waals surface area contributed by atoms with Crippen LogP contribution in [-0.2, 0) is 16.6 Å². The predicted molar refractivity (Wildman–Crippen MR) is 101 cm³/mol. The number of morpholine rings is 1. The maximum Gasteiger partial charge on any atom is 0.223 e. The van der Waals surface area contributed by atoms with Gasteiger partial charge in [-0.05, 0) is 23.1 Å². The molecule has 1 aromatic carbocycles. The van der Waals surface area contributed by atoms with E-state index in [0.717, 1.165) is 0 Å². The number of ether oxygens (including phenoxy) is 1. The van der Waals surface area contributed by atoms with E-state index in [1.54, 1.807) is 11.3 Å². The molecule has 1 amide bonds. The number of carbonyl (C=O) groups is 1. The zero-order valence-electron chi connectivity index (χ0n) is 14.4. The average Bonchev–Trinajstić information content (AvgIpc) is 3.29. The Morgan fingerprint density at radius 3 is 2.76 bits per heavy atom. The van der Waals surface area contributed by atoms with Crippen molar-refractivity contribution in [3.63, 3.8) is 0 Å². The second-order valence-electron chi connectivity index (χ2n) is 6.48. The number of benzene rings is 1. The summed E-state index contributed by atoms with van der Waals surface area (Å²) in [5.74, 6) is 0.316. The maximum atomic E-state index is 12.9. The number of fused-ring (bicyclic) bond motifs is 1. The molecule has 1 saturated heterocycles. The van der Waals surface area contributed by atoms with E-state index in [2.05, 4.69) is 59.6 Å². The van der Waals surface area contributed by atoms with E-state index in [-0.39, 0.29) is 11.8 Å². The van der Waals surface area contributed by atoms with Crippen LogP contribution in [0.4, 0.5) is 0 Å². The summed E-state index contributed by atoms with van der Waals surface area (Å²) in [6, 6.07) is 12.6. The molecular weight excluding hydrogens is 332 g/mol. The molecule has 0 spiro atoms. The summed E-state index contributed by atoms with van der Waals surface area (Å²) in [5.41, 5.74) is 2.44. The van der Waals surface area contributed by atoms with Gasteiger partial charge < -0.3 is 14.2 Å². The monoisotopic (exact) mass is 354 g/mol. The molecule has 1 aliphatic rings. The Labute approximate surface area is 151 Å². The number of carbonyl (C=O) groups excluding carboxylic acids is 1. The number of amides is 1. The number of nitrogens with zero attached hydrogens (tertiary/aromatic N) is 2. The first-order valence-corrected chi connectivity index (χ1v) is 9.55. The zero-order chi connectivity index (χ0) is 17.2. The highest BCUT2D eigenvalue weighted by Crippen LogP contribution is 2.36. The molecule has 25 heavy (non-hydrogen) atoms. The fourth-order valence-electron chi connectivity index (χ4n) is 3.62. The van der Waals surface area contributed by atoms with Crippen LogP contribution < -0.4 is 0 Å². The summed E-state index contributed by atoms with van der Waals surface area (Å²) in [6.07, 6.45) is 2.69. The minimum absolute atomic E-state index is 0.0986. The third kappa shape index (κ3) is 3.22. The van der Waals surface area contributed by atoms with Gasteiger partial charge in [0.15, 0.2) is 0 Å². The lowest BCUT2D eigenvalue weighted by Crippen LogP contribution is -2.41. The molecule has 2 aromatic heterocycles. The van der Waals surface area contributed by atoms with E-state index in [4.69, 9.17) is 4.74 Å². The Bertz CT molecular complexity index is 863. The van der Waals surface area contributed by atoms with Gasteiger partial charge in [0.1, 0.15) is 0 Å². The van der Waals surface area contributed by atoms with Crippen LogP contribution in [0.25, 0.3) is 10.9 Å². The van der Waals surface area contributed by atoms with Gasteiger partial charge in [-0.15, -0.1) is 11.3 Å². The maximum absolute atomic E-state index is 12.9. The van der Waals surface area contributed by atoms with Crippen molar-refractivity contribution in [2.45, 2.75) is 12.3 Å². The molecule has 1 unspecified atom stereocenters. The molecule has 1 atom stereocenters. The van der Waals surface area contributed by atoms with Crippen LogP contribution in [-0.4, -0.2) is 41.7 Å². The molecule has 5 heteroatoms. The van der Waals surface area contributed by atoms with E-state index >= 15 is 0 Å². The van der Waals surface area contributed by atoms with Gasteiger partial charge in [-0.1, -0.05) is 24.3 Å². The van der Waals surface area contributed by atoms with E-state index in [9.17, 15) is 4.79 Å². The van der Waals surface area contributed by atoms with Crippen LogP contribution in [0.5, 0.6) is 0 Å². The lowest BCUT2D eigenvalue weighted by Gasteiger charge is -2.28. The fourth-order valence-corrected chi connectivity index (χ4v) is 4.47. The summed E-state index contributed by atoms with van der Waals surface area (Å²) < 4.78 is 7.53. The van der Waals surface area contributed by atoms with Gasteiger partial charge in [-0.25, -0.2) is 0 Å². The summed E-state index contributed by atoms with van der Waals surface area (Å²) in [5, 5.41) is 3.32. The largest absolute Gasteiger partial charge is 0.378 e. The van der Waals surface area contributed by atoms with E-state index in [1.165, 1.54) is 21.3 Å². The van der Waals surface area contributed by atoms with Crippen LogP contribution in [0, 0.1) is 0 Å². The number of hydrogen-bond donors (Lipinski definition) is 0. The first kappa shape index (κ1) is 16.4. The number of para-hydroxylation sites is 1. The third-order valence-electron chi connectivity index (χ3n) is 4.93. The summed E-state index contributed by atoms with van der Waals surface area (Å²) in [4.78, 5) is 16.1. The predicted octanol–water partition coefficient (Wildman–Crippen LogP) is 3.62. The molecule has 0 bridgehead atoms. The second-order valence-corrected chi connectivity index (χ2v) is 7.46. The quantitative estimate of drug-likeness (QED) is 0.717. The van der Waals surface area contributed by atoms with Crippen molar-refractivity contribution in [1.29, 1.82) is 0 Å². The average molecular weight is 354 g/mol. The molecular formula is C20H22N2O2S. The van der Waals surface area contributed by atoms with Gasteiger partial charge in [0.25, 0.3) is 0 Å². The minimum atomic E-state index is 0.0986. The third-order valence-corrected chi connectivity index (χ3v) is 5.92. The standard InChI is InChI=1S/C20H22N2O2S/c1-21-14-17(15-5-2-3-6-18(15)21)16(19-7-4-12-25-19)13-20(23)22-8-10-24-11-9-22/h2-7,12,14,16H,8-11,13H2,1H3. The molecule has 130 valence electrons. The molecule has 0 radical (unpaired) electrons. The molecule has 3 aromatic rings. The van der Waals surface area contributed by atoms with Crippen LogP contribution in [0.3, 0.4) is 0 Å². The smallest absolute Gasteiger partial charge is 0.223 e. The highest BCUT2D eigenvalue weighted by molar-refractivity contribution is 7.10. The number of aryl methyl sites for hydroxylation is 1. The highest BCUT2D eigenvalue weighted by Gasteiger charge is 2.26. The van der Waals surface area contributed by atoms with E-state index in [1.807, 2.05) is 4.90 Å². The van der Waals surface area contributed by atoms with Crippen molar-refractivity contribution in [2.75, 3.05) is 26.3 Å². The Kier molecular flexibility index (Phi) is 4.59. The van der Waals surface area contributed by atoms with Crippen LogP contribution in [0.2, 0.25) is 0 Å². The summed E-state index contributed by atoms with van der Waals surface area (Å²) in [7, 11) is 2.07. The van der Waals surface area contributed by atoms with Crippen molar-refractivity contribution in [2.24, 2.45) is 7.05 Å². The fraction of sp³-hybridized carbons (Fsp3) is 0.350. The topological polar surface area (TPSA) is 34.5 Å². The molecule has 0 aliphatic carbocycles. The molecule has 1 fully saturated rings. The summed E-state index contributed by atoms with van der Waals surface area (Å²) in [6.45, 7) is 2.68. The van der Waals surface area contributed by atoms with Gasteiger partial charge in [-0.3, -0.25) is 4.79 Å². The zero-order valence-corrected chi connectivity index (χ0v) is 15.2. The van der Waals surface area contributed by atoms with Crippen LogP contribution in [0.1, 0.15) is 22.8 Å². The van der Waals surface area contributed by atoms with Crippen molar-refractivity contribution < 1.29 is 9.53 Å². The molecule has 4 rings (SSSR count). The van der Waals surface area contributed by atoms with Crippen molar-refractivity contribution >= 4 is 28.1 Å². The van der Waals surface area contributed by atoms with Crippen molar-refractivity contribution in [3.8, 4) is 0 Å². The second kappa shape index (κ2) is 7.02. The van der Waals surface area contributed by atoms with Gasteiger partial charge >= 0.3 is 0 Å². The van der Waals surface area contributed by atoms with Crippen molar-refractivity contribution in [3.05, 3.63) is 58.4 Å². The Morgan fingerprint density at radius 1 is 1.20 bits per heavy atom. The summed E-state index contributed by atoms with van der Waals surface area (Å²) >= 11 is 1.73. The number of aromatic nitrogens is 1. The van der Waals surface area contributed by atoms with Gasteiger partial charge in [0.2, 0.25) is 5.91 Å². The number of rotatable bonds is 4. The van der Waals surface area contributed by atoms with Gasteiger partial charge in [0, 0.05) is 54.5 Å². The number of thiophene rings is 1. The minimum Gasteiger partial charge on any atom is -0.378 e. The molecule has 3 heterocycles. The Balaban J connectivity index is 1.70. The lowest BCUT2D eigenvalue weighted by atomic mass is 9.93. The molecule has 1 aliphatic heterocycles. The molecule has 0 N–H and O–H groups in total. The number of hydrogen-bond acceptors (Lipinski definition) is 3. The van der Waals surface area contributed by atoms with E-state index in [0.29, 0.717) is 32.7 Å². The Morgan fingerprint density at radius 2 is 2.00 bits per heavy atom. The normalized spacial score (nSPS) is 16.3. The van der Waals surface area contributed by atoms with Gasteiger partial charge in [0.05, 0.1) is 13.2 Å². The van der Waals surface area contributed by atoms with Gasteiger partial charge in [-0.2, -0.15) is 0 Å². The van der Waals surface area contributed by atoms with Crippen LogP contribution in [0.15, 0.2) is 48.0 Å². The molecule has 4 nitrogen and oxygen atoms in total. The SMILES string of the molecule is Cn1cc(C(CC(=O)N2CCOCC2)c2cccs2)c2ccccc21. The highest BCUT2D eigenvalue weighted by atomic mass is 32.1. The first-order chi connectivity index (χ1) is 12.2. The molecule has 0 saturated carbocycles. The van der Waals surface area contributed by atoms with Crippen molar-refractivity contribution in [1.82, 2.24) is 9.47 Å².